The van der Waals surface area contributed by atoms with Gasteiger partial charge in [0, 0.05) is 29.8 Å². The number of nitrogens with one attached hydrogen (secondary N) is 1. The first-order valence-electron chi connectivity index (χ1n) is 9.20. The monoisotopic (exact) mass is 428 g/mol. The van der Waals surface area contributed by atoms with Crippen molar-refractivity contribution in [2.45, 2.75) is 19.3 Å². The Morgan fingerprint density at radius 1 is 1.15 bits per heavy atom. The molecule has 7 heteroatoms. The number of amides is 2. The van der Waals surface area contributed by atoms with E-state index >= 15 is 0 Å². The number of nitrogens with zero attached hydrogens (tertiary/aromatic N) is 3. The zero-order chi connectivity index (χ0) is 18.8. The summed E-state index contributed by atoms with van der Waals surface area (Å²) in [7, 11) is 0. The molecule has 0 radical (unpaired) electrons. The molecule has 140 valence electrons. The quantitative estimate of drug-likeness (QED) is 0.757. The Morgan fingerprint density at radius 3 is 2.67 bits per heavy atom. The standard InChI is InChI=1S/C20H21BrN4O2/c21-14-4-3-5-16(12-14)25-11-8-17(20(25)27)19(26)23-15-6-7-18(22-13-15)24-9-1-2-10-24/h3-7,12-13,17H,1-2,8-11H2,(H,23,26). The molecule has 1 aromatic heterocycles. The third-order valence-electron chi connectivity index (χ3n) is 5.09. The van der Waals surface area contributed by atoms with Gasteiger partial charge >= 0.3 is 0 Å². The van der Waals surface area contributed by atoms with Gasteiger partial charge in [0.1, 0.15) is 11.7 Å². The molecule has 2 aliphatic heterocycles. The molecule has 0 saturated carbocycles. The molecular weight excluding hydrogens is 408 g/mol. The van der Waals surface area contributed by atoms with Gasteiger partial charge in [-0.15, -0.1) is 0 Å². The van der Waals surface area contributed by atoms with E-state index in [-0.39, 0.29) is 11.8 Å². The van der Waals surface area contributed by atoms with Crippen LogP contribution in [0.4, 0.5) is 17.2 Å². The molecule has 2 fully saturated rings. The summed E-state index contributed by atoms with van der Waals surface area (Å²) in [6.45, 7) is 2.60. The molecule has 2 amide bonds. The fraction of sp³-hybridized carbons (Fsp3) is 0.350. The smallest absolute Gasteiger partial charge is 0.239 e. The second-order valence-corrected chi connectivity index (χ2v) is 7.82. The average Bonchev–Trinajstić information content (AvgIpc) is 3.32. The van der Waals surface area contributed by atoms with E-state index in [1.165, 1.54) is 12.8 Å². The topological polar surface area (TPSA) is 65.5 Å². The van der Waals surface area contributed by atoms with Crippen molar-refractivity contribution in [3.05, 3.63) is 47.1 Å². The number of rotatable bonds is 4. The summed E-state index contributed by atoms with van der Waals surface area (Å²) >= 11 is 3.42. The molecule has 0 bridgehead atoms. The normalized spacial score (nSPS) is 19.6. The Kier molecular flexibility index (Phi) is 5.11. The fourth-order valence-corrected chi connectivity index (χ4v) is 4.03. The molecule has 1 unspecified atom stereocenters. The fourth-order valence-electron chi connectivity index (χ4n) is 3.65. The highest BCUT2D eigenvalue weighted by molar-refractivity contribution is 9.10. The summed E-state index contributed by atoms with van der Waals surface area (Å²) < 4.78 is 0.907. The minimum Gasteiger partial charge on any atom is -0.357 e. The van der Waals surface area contributed by atoms with E-state index < -0.39 is 5.92 Å². The minimum absolute atomic E-state index is 0.160. The number of benzene rings is 1. The Labute approximate surface area is 166 Å². The van der Waals surface area contributed by atoms with Gasteiger partial charge < -0.3 is 15.1 Å². The lowest BCUT2D eigenvalue weighted by Crippen LogP contribution is -2.33. The second-order valence-electron chi connectivity index (χ2n) is 6.90. The number of aromatic nitrogens is 1. The van der Waals surface area contributed by atoms with Crippen molar-refractivity contribution >= 4 is 44.9 Å². The van der Waals surface area contributed by atoms with Crippen molar-refractivity contribution < 1.29 is 9.59 Å². The van der Waals surface area contributed by atoms with Crippen molar-refractivity contribution in [2.24, 2.45) is 5.92 Å². The molecule has 0 aliphatic carbocycles. The van der Waals surface area contributed by atoms with Crippen LogP contribution in [0.3, 0.4) is 0 Å². The van der Waals surface area contributed by atoms with E-state index in [0.29, 0.717) is 18.7 Å². The molecule has 2 aliphatic rings. The average molecular weight is 429 g/mol. The number of pyridine rings is 1. The second kappa shape index (κ2) is 7.68. The Balaban J connectivity index is 1.40. The van der Waals surface area contributed by atoms with Gasteiger partial charge in [0.2, 0.25) is 11.8 Å². The molecule has 1 atom stereocenters. The highest BCUT2D eigenvalue weighted by Gasteiger charge is 2.37. The molecule has 27 heavy (non-hydrogen) atoms. The lowest BCUT2D eigenvalue weighted by atomic mass is 10.1. The van der Waals surface area contributed by atoms with E-state index in [1.54, 1.807) is 11.1 Å². The van der Waals surface area contributed by atoms with Gasteiger partial charge in [-0.05, 0) is 49.6 Å². The van der Waals surface area contributed by atoms with E-state index in [9.17, 15) is 9.59 Å². The first-order valence-corrected chi connectivity index (χ1v) is 10.00. The van der Waals surface area contributed by atoms with Gasteiger partial charge in [-0.25, -0.2) is 4.98 Å². The van der Waals surface area contributed by atoms with Crippen molar-refractivity contribution in [1.29, 1.82) is 0 Å². The van der Waals surface area contributed by atoms with Crippen LogP contribution in [0.25, 0.3) is 0 Å². The number of carbonyl (C=O) groups excluding carboxylic acids is 2. The summed E-state index contributed by atoms with van der Waals surface area (Å²) in [5, 5.41) is 2.84. The van der Waals surface area contributed by atoms with Gasteiger partial charge in [-0.3, -0.25) is 9.59 Å². The Morgan fingerprint density at radius 2 is 1.96 bits per heavy atom. The van der Waals surface area contributed by atoms with Crippen LogP contribution in [0.5, 0.6) is 0 Å². The highest BCUT2D eigenvalue weighted by atomic mass is 79.9. The minimum atomic E-state index is -0.665. The molecule has 0 spiro atoms. The summed E-state index contributed by atoms with van der Waals surface area (Å²) in [4.78, 5) is 33.7. The molecule has 2 aromatic rings. The van der Waals surface area contributed by atoms with E-state index in [0.717, 1.165) is 29.1 Å². The highest BCUT2D eigenvalue weighted by Crippen LogP contribution is 2.28. The summed E-state index contributed by atoms with van der Waals surface area (Å²) in [5.74, 6) is -0.161. The van der Waals surface area contributed by atoms with Crippen molar-refractivity contribution in [3.8, 4) is 0 Å². The van der Waals surface area contributed by atoms with Crippen LogP contribution >= 0.6 is 15.9 Å². The first kappa shape index (κ1) is 18.0. The maximum Gasteiger partial charge on any atom is 0.239 e. The van der Waals surface area contributed by atoms with Crippen molar-refractivity contribution in [3.63, 3.8) is 0 Å². The van der Waals surface area contributed by atoms with Crippen LogP contribution in [-0.2, 0) is 9.59 Å². The number of hydrogen-bond acceptors (Lipinski definition) is 4. The van der Waals surface area contributed by atoms with Crippen molar-refractivity contribution in [1.82, 2.24) is 4.98 Å². The summed E-state index contributed by atoms with van der Waals surface area (Å²) in [5.41, 5.74) is 1.43. The van der Waals surface area contributed by atoms with Crippen LogP contribution in [0.15, 0.2) is 47.1 Å². The van der Waals surface area contributed by atoms with Crippen LogP contribution < -0.4 is 15.1 Å². The van der Waals surface area contributed by atoms with Gasteiger partial charge in [0.25, 0.3) is 0 Å². The van der Waals surface area contributed by atoms with Gasteiger partial charge in [-0.2, -0.15) is 0 Å². The van der Waals surface area contributed by atoms with E-state index in [1.807, 2.05) is 36.4 Å². The Bertz CT molecular complexity index is 849. The number of anilines is 3. The SMILES string of the molecule is O=C(Nc1ccc(N2CCCC2)nc1)C1CCN(c2cccc(Br)c2)C1=O. The lowest BCUT2D eigenvalue weighted by Gasteiger charge is -2.18. The maximum atomic E-state index is 12.7. The van der Waals surface area contributed by atoms with Gasteiger partial charge in [0.15, 0.2) is 0 Å². The molecule has 4 rings (SSSR count). The third kappa shape index (κ3) is 3.83. The zero-order valence-corrected chi connectivity index (χ0v) is 16.5. The lowest BCUT2D eigenvalue weighted by molar-refractivity contribution is -0.129. The van der Waals surface area contributed by atoms with Crippen LogP contribution in [0, 0.1) is 5.92 Å². The van der Waals surface area contributed by atoms with Crippen LogP contribution in [0.2, 0.25) is 0 Å². The molecule has 6 nitrogen and oxygen atoms in total. The number of hydrogen-bond donors (Lipinski definition) is 1. The number of halogens is 1. The van der Waals surface area contributed by atoms with Crippen molar-refractivity contribution in [2.75, 3.05) is 34.8 Å². The molecule has 2 saturated heterocycles. The van der Waals surface area contributed by atoms with Gasteiger partial charge in [-0.1, -0.05) is 22.0 Å². The van der Waals surface area contributed by atoms with Crippen LogP contribution in [0.1, 0.15) is 19.3 Å². The Hall–Kier alpha value is -2.41. The van der Waals surface area contributed by atoms with Gasteiger partial charge in [0.05, 0.1) is 11.9 Å². The number of carbonyl (C=O) groups is 2. The maximum absolute atomic E-state index is 12.7. The predicted molar refractivity (Wildman–Crippen MR) is 109 cm³/mol. The predicted octanol–water partition coefficient (Wildman–Crippen LogP) is 3.44. The van der Waals surface area contributed by atoms with E-state index in [4.69, 9.17) is 0 Å². The summed E-state index contributed by atoms with van der Waals surface area (Å²) in [6.07, 6.45) is 4.56. The molecular formula is C20H21BrN4O2. The van der Waals surface area contributed by atoms with Crippen LogP contribution in [-0.4, -0.2) is 36.4 Å². The zero-order valence-electron chi connectivity index (χ0n) is 14.9. The summed E-state index contributed by atoms with van der Waals surface area (Å²) in [6, 6.07) is 11.3. The van der Waals surface area contributed by atoms with E-state index in [2.05, 4.69) is 31.1 Å². The largest absolute Gasteiger partial charge is 0.357 e. The first-order chi connectivity index (χ1) is 13.1. The molecule has 3 heterocycles. The molecule has 1 N–H and O–H groups in total. The molecule has 1 aromatic carbocycles. The third-order valence-corrected chi connectivity index (χ3v) is 5.58.